The molecule has 0 aromatic carbocycles. The molecule has 0 bridgehead atoms. The van der Waals surface area contributed by atoms with Crippen molar-refractivity contribution in [3.05, 3.63) is 18.0 Å². The Balaban J connectivity index is 2.89. The van der Waals surface area contributed by atoms with E-state index in [9.17, 15) is 13.2 Å². The van der Waals surface area contributed by atoms with Crippen LogP contribution in [0.15, 0.2) is 12.4 Å². The molecule has 62 valence electrons. The summed E-state index contributed by atoms with van der Waals surface area (Å²) in [5.41, 5.74) is -0.458. The molecule has 0 radical (unpaired) electrons. The van der Waals surface area contributed by atoms with Gasteiger partial charge < -0.3 is 0 Å². The van der Waals surface area contributed by atoms with Gasteiger partial charge in [0.2, 0.25) is 0 Å². The largest absolute Gasteiger partial charge is 0.419 e. The lowest BCUT2D eigenvalue weighted by Gasteiger charge is -1.99. The molecule has 6 heteroatoms. The summed E-state index contributed by atoms with van der Waals surface area (Å²) in [7, 11) is 0. The van der Waals surface area contributed by atoms with Crippen LogP contribution in [0.25, 0.3) is 0 Å². The van der Waals surface area contributed by atoms with E-state index in [1.165, 1.54) is 0 Å². The van der Waals surface area contributed by atoms with E-state index < -0.39 is 11.7 Å². The summed E-state index contributed by atoms with van der Waals surface area (Å²) < 4.78 is 36.8. The molecule has 0 aliphatic heterocycles. The summed E-state index contributed by atoms with van der Waals surface area (Å²) in [6, 6.07) is 0. The molecule has 0 aliphatic rings. The zero-order valence-electron chi connectivity index (χ0n) is 5.27. The maximum absolute atomic E-state index is 11.9. The first kappa shape index (κ1) is 8.58. The summed E-state index contributed by atoms with van der Waals surface area (Å²) in [5, 5.41) is 3.45. The van der Waals surface area contributed by atoms with E-state index in [0.29, 0.717) is 0 Å². The Morgan fingerprint density at radius 1 is 1.55 bits per heavy atom. The average Bonchev–Trinajstić information content (AvgIpc) is 2.32. The monoisotopic (exact) mass is 228 g/mol. The van der Waals surface area contributed by atoms with Gasteiger partial charge in [0.1, 0.15) is 0 Å². The Morgan fingerprint density at radius 2 is 2.18 bits per heavy atom. The summed E-state index contributed by atoms with van der Waals surface area (Å²) in [5.74, 6) is 0. The minimum atomic E-state index is -4.29. The third-order valence-corrected chi connectivity index (χ3v) is 1.60. The number of hydrogen-bond donors (Lipinski definition) is 0. The normalized spacial score (nSPS) is 12.0. The van der Waals surface area contributed by atoms with Crippen LogP contribution < -0.4 is 0 Å². The second kappa shape index (κ2) is 2.84. The quantitative estimate of drug-likeness (QED) is 0.675. The van der Waals surface area contributed by atoms with Crippen LogP contribution in [0.2, 0.25) is 0 Å². The molecule has 0 spiro atoms. The first-order valence-corrected chi connectivity index (χ1v) is 3.82. The van der Waals surface area contributed by atoms with E-state index in [-0.39, 0.29) is 5.45 Å². The van der Waals surface area contributed by atoms with Gasteiger partial charge in [-0.25, -0.2) is 0 Å². The average molecular weight is 229 g/mol. The molecule has 0 fully saturated rings. The summed E-state index contributed by atoms with van der Waals surface area (Å²) >= 11 is 2.97. The molecule has 0 amide bonds. The van der Waals surface area contributed by atoms with Crippen molar-refractivity contribution in [3.8, 4) is 0 Å². The highest BCUT2D eigenvalue weighted by atomic mass is 79.9. The second-order valence-corrected chi connectivity index (χ2v) is 2.39. The third-order valence-electron chi connectivity index (χ3n) is 1.08. The van der Waals surface area contributed by atoms with Crippen molar-refractivity contribution < 1.29 is 13.2 Å². The van der Waals surface area contributed by atoms with Gasteiger partial charge in [0, 0.05) is 6.20 Å². The minimum Gasteiger partial charge on any atom is -0.262 e. The van der Waals surface area contributed by atoms with Gasteiger partial charge in [-0.3, -0.25) is 4.68 Å². The molecule has 1 aromatic rings. The van der Waals surface area contributed by atoms with Gasteiger partial charge in [0.25, 0.3) is 0 Å². The number of halogens is 4. The van der Waals surface area contributed by atoms with E-state index in [0.717, 1.165) is 17.1 Å². The van der Waals surface area contributed by atoms with Crippen molar-refractivity contribution in [2.45, 2.75) is 11.6 Å². The van der Waals surface area contributed by atoms with Crippen LogP contribution in [0.3, 0.4) is 0 Å². The highest BCUT2D eigenvalue weighted by Gasteiger charge is 2.31. The van der Waals surface area contributed by atoms with Crippen molar-refractivity contribution in [1.29, 1.82) is 0 Å². The molecular formula is C5H4BrF3N2. The van der Waals surface area contributed by atoms with Crippen LogP contribution >= 0.6 is 15.9 Å². The van der Waals surface area contributed by atoms with Gasteiger partial charge in [-0.15, -0.1) is 0 Å². The fourth-order valence-electron chi connectivity index (χ4n) is 0.575. The predicted octanol–water partition coefficient (Wildman–Crippen LogP) is 2.25. The van der Waals surface area contributed by atoms with E-state index in [1.54, 1.807) is 0 Å². The van der Waals surface area contributed by atoms with Gasteiger partial charge in [-0.2, -0.15) is 18.3 Å². The smallest absolute Gasteiger partial charge is 0.262 e. The van der Waals surface area contributed by atoms with Gasteiger partial charge >= 0.3 is 6.18 Å². The molecule has 0 N–H and O–H groups in total. The molecule has 2 nitrogen and oxygen atoms in total. The first-order chi connectivity index (χ1) is 5.04. The van der Waals surface area contributed by atoms with Crippen LogP contribution in [0, 0.1) is 0 Å². The van der Waals surface area contributed by atoms with Crippen molar-refractivity contribution in [2.24, 2.45) is 0 Å². The molecular weight excluding hydrogens is 225 g/mol. The standard InChI is InChI=1S/C5H4BrF3N2/c6-3-11-2-4(1-10-11)5(7,8)9/h1-2H,3H2. The summed E-state index contributed by atoms with van der Waals surface area (Å²) in [6.07, 6.45) is -2.56. The Morgan fingerprint density at radius 3 is 2.45 bits per heavy atom. The van der Waals surface area contributed by atoms with Gasteiger partial charge in [-0.05, 0) is 0 Å². The first-order valence-electron chi connectivity index (χ1n) is 2.69. The number of hydrogen-bond acceptors (Lipinski definition) is 1. The van der Waals surface area contributed by atoms with Gasteiger partial charge in [0.05, 0.1) is 17.2 Å². The molecule has 1 aromatic heterocycles. The van der Waals surface area contributed by atoms with Gasteiger partial charge in [-0.1, -0.05) is 15.9 Å². The maximum Gasteiger partial charge on any atom is 0.419 e. The molecule has 1 rings (SSSR count). The number of rotatable bonds is 1. The van der Waals surface area contributed by atoms with E-state index in [2.05, 4.69) is 21.0 Å². The highest BCUT2D eigenvalue weighted by Crippen LogP contribution is 2.28. The molecule has 0 saturated heterocycles. The fourth-order valence-corrected chi connectivity index (χ4v) is 0.850. The lowest BCUT2D eigenvalue weighted by Crippen LogP contribution is -2.02. The number of nitrogens with zero attached hydrogens (tertiary/aromatic N) is 2. The van der Waals surface area contributed by atoms with Crippen LogP contribution in [0.5, 0.6) is 0 Å². The molecule has 0 unspecified atom stereocenters. The van der Waals surface area contributed by atoms with Crippen LogP contribution in [-0.2, 0) is 11.6 Å². The van der Waals surface area contributed by atoms with Crippen molar-refractivity contribution in [1.82, 2.24) is 9.78 Å². The van der Waals surface area contributed by atoms with E-state index in [4.69, 9.17) is 0 Å². The van der Waals surface area contributed by atoms with Gasteiger partial charge in [0.15, 0.2) is 0 Å². The lowest BCUT2D eigenvalue weighted by atomic mass is 10.4. The highest BCUT2D eigenvalue weighted by molar-refractivity contribution is 9.08. The fraction of sp³-hybridized carbons (Fsp3) is 0.400. The summed E-state index contributed by atoms with van der Waals surface area (Å²) in [6.45, 7) is 0. The molecule has 11 heavy (non-hydrogen) atoms. The lowest BCUT2D eigenvalue weighted by molar-refractivity contribution is -0.137. The number of aromatic nitrogens is 2. The topological polar surface area (TPSA) is 17.8 Å². The van der Waals surface area contributed by atoms with Crippen molar-refractivity contribution in [3.63, 3.8) is 0 Å². The third kappa shape index (κ3) is 1.95. The van der Waals surface area contributed by atoms with Crippen LogP contribution in [0.4, 0.5) is 13.2 Å². The Bertz CT molecular complexity index is 242. The zero-order valence-corrected chi connectivity index (χ0v) is 6.85. The minimum absolute atomic E-state index is 0.267. The summed E-state index contributed by atoms with van der Waals surface area (Å²) in [4.78, 5) is 0. The molecule has 0 saturated carbocycles. The zero-order chi connectivity index (χ0) is 8.48. The molecule has 0 atom stereocenters. The SMILES string of the molecule is FC(F)(F)c1cnn(CBr)c1. The van der Waals surface area contributed by atoms with Crippen molar-refractivity contribution >= 4 is 15.9 Å². The molecule has 0 aliphatic carbocycles. The maximum atomic E-state index is 11.9. The van der Waals surface area contributed by atoms with Crippen LogP contribution in [-0.4, -0.2) is 9.78 Å². The predicted molar refractivity (Wildman–Crippen MR) is 36.2 cm³/mol. The van der Waals surface area contributed by atoms with E-state index >= 15 is 0 Å². The Labute approximate surface area is 69.1 Å². The van der Waals surface area contributed by atoms with Crippen LogP contribution in [0.1, 0.15) is 5.56 Å². The Hall–Kier alpha value is -0.520. The Kier molecular flexibility index (Phi) is 2.22. The molecule has 1 heterocycles. The van der Waals surface area contributed by atoms with Crippen molar-refractivity contribution in [2.75, 3.05) is 0 Å². The number of alkyl halides is 4. The second-order valence-electron chi connectivity index (χ2n) is 1.89. The van der Waals surface area contributed by atoms with E-state index in [1.807, 2.05) is 0 Å².